The Kier molecular flexibility index (Phi) is 6.26. The molecule has 2 N–H and O–H groups in total. The predicted octanol–water partition coefficient (Wildman–Crippen LogP) is 3.80. The number of benzene rings is 1. The minimum atomic E-state index is -0.530. The number of carbonyl (C=O) groups is 1. The molecule has 0 radical (unpaired) electrons. The van der Waals surface area contributed by atoms with Crippen molar-refractivity contribution in [2.45, 2.75) is 32.9 Å². The molecule has 0 aliphatic heterocycles. The second-order valence-electron chi connectivity index (χ2n) is 6.26. The molecule has 0 fully saturated rings. The summed E-state index contributed by atoms with van der Waals surface area (Å²) in [5.41, 5.74) is 0.1000. The molecular weight excluding hydrogens is 308 g/mol. The second-order valence-corrected chi connectivity index (χ2v) is 6.26. The number of hydrogen-bond acceptors (Lipinski definition) is 5. The molecule has 1 amide bonds. The number of hydrogen-bond donors (Lipinski definition) is 2. The third-order valence-corrected chi connectivity index (χ3v) is 2.91. The Morgan fingerprint density at radius 1 is 1.21 bits per heavy atom. The van der Waals surface area contributed by atoms with Crippen LogP contribution in [0.4, 0.5) is 10.5 Å². The van der Waals surface area contributed by atoms with Gasteiger partial charge in [0, 0.05) is 18.3 Å². The average Bonchev–Trinajstić information content (AvgIpc) is 2.98. The zero-order valence-corrected chi connectivity index (χ0v) is 14.3. The van der Waals surface area contributed by atoms with Gasteiger partial charge >= 0.3 is 6.09 Å². The van der Waals surface area contributed by atoms with Crippen LogP contribution in [0.2, 0.25) is 0 Å². The number of anilines is 1. The zero-order chi connectivity index (χ0) is 17.4. The fourth-order valence-electron chi connectivity index (χ4n) is 1.95. The van der Waals surface area contributed by atoms with Gasteiger partial charge in [-0.05, 0) is 45.0 Å². The maximum absolute atomic E-state index is 11.8. The van der Waals surface area contributed by atoms with Crippen molar-refractivity contribution in [2.24, 2.45) is 0 Å². The summed E-state index contributed by atoms with van der Waals surface area (Å²) in [5.74, 6) is 1.57. The molecule has 1 heterocycles. The molecule has 6 nitrogen and oxygen atoms in total. The van der Waals surface area contributed by atoms with E-state index in [1.54, 1.807) is 18.4 Å². The van der Waals surface area contributed by atoms with Gasteiger partial charge in [-0.3, -0.25) is 5.32 Å². The van der Waals surface area contributed by atoms with E-state index in [1.165, 1.54) is 0 Å². The molecule has 0 saturated carbocycles. The summed E-state index contributed by atoms with van der Waals surface area (Å²) in [6, 6.07) is 11.0. The highest BCUT2D eigenvalue weighted by molar-refractivity contribution is 5.85. The summed E-state index contributed by atoms with van der Waals surface area (Å²) >= 11 is 0. The molecule has 0 aliphatic rings. The van der Waals surface area contributed by atoms with E-state index in [0.717, 1.165) is 5.76 Å². The Bertz CT molecular complexity index is 633. The van der Waals surface area contributed by atoms with Crippen LogP contribution in [0.5, 0.6) is 5.75 Å². The molecule has 2 aromatic rings. The van der Waals surface area contributed by atoms with Gasteiger partial charge in [-0.1, -0.05) is 6.07 Å². The first-order chi connectivity index (χ1) is 11.4. The van der Waals surface area contributed by atoms with Crippen LogP contribution in [0, 0.1) is 0 Å². The minimum Gasteiger partial charge on any atom is -0.492 e. The van der Waals surface area contributed by atoms with Crippen LogP contribution in [-0.4, -0.2) is 24.8 Å². The third-order valence-electron chi connectivity index (χ3n) is 2.91. The summed E-state index contributed by atoms with van der Waals surface area (Å²) in [6.07, 6.45) is 1.16. The van der Waals surface area contributed by atoms with Crippen molar-refractivity contribution in [1.29, 1.82) is 0 Å². The first-order valence-corrected chi connectivity index (χ1v) is 7.88. The van der Waals surface area contributed by atoms with Gasteiger partial charge in [-0.2, -0.15) is 0 Å². The number of furan rings is 1. The topological polar surface area (TPSA) is 72.7 Å². The Hall–Kier alpha value is -2.47. The van der Waals surface area contributed by atoms with Gasteiger partial charge in [0.2, 0.25) is 0 Å². The van der Waals surface area contributed by atoms with Gasteiger partial charge in [0.15, 0.2) is 0 Å². The normalized spacial score (nSPS) is 11.1. The summed E-state index contributed by atoms with van der Waals surface area (Å²) in [7, 11) is 0. The standard InChI is InChI=1S/C18H24N2O4/c1-18(2,3)24-17(21)20-14-6-4-7-15(12-14)23-11-9-19-13-16-8-5-10-22-16/h4-8,10,12,19H,9,11,13H2,1-3H3,(H,20,21). The van der Waals surface area contributed by atoms with Crippen LogP contribution in [-0.2, 0) is 11.3 Å². The fraction of sp³-hybridized carbons (Fsp3) is 0.389. The lowest BCUT2D eigenvalue weighted by atomic mass is 10.2. The molecule has 0 saturated heterocycles. The molecule has 1 aromatic carbocycles. The minimum absolute atomic E-state index is 0.486. The average molecular weight is 332 g/mol. The van der Waals surface area contributed by atoms with E-state index < -0.39 is 11.7 Å². The zero-order valence-electron chi connectivity index (χ0n) is 14.3. The van der Waals surface area contributed by atoms with E-state index in [0.29, 0.717) is 31.1 Å². The van der Waals surface area contributed by atoms with Crippen molar-refractivity contribution in [2.75, 3.05) is 18.5 Å². The third kappa shape index (κ3) is 6.75. The Balaban J connectivity index is 1.72. The Morgan fingerprint density at radius 2 is 2.04 bits per heavy atom. The Labute approximate surface area is 142 Å². The van der Waals surface area contributed by atoms with Crippen molar-refractivity contribution in [1.82, 2.24) is 5.32 Å². The van der Waals surface area contributed by atoms with E-state index in [4.69, 9.17) is 13.9 Å². The van der Waals surface area contributed by atoms with Gasteiger partial charge < -0.3 is 19.2 Å². The van der Waals surface area contributed by atoms with Gasteiger partial charge in [-0.25, -0.2) is 4.79 Å². The molecule has 24 heavy (non-hydrogen) atoms. The number of rotatable bonds is 7. The molecule has 0 spiro atoms. The quantitative estimate of drug-likeness (QED) is 0.755. The molecule has 0 bridgehead atoms. The van der Waals surface area contributed by atoms with Crippen LogP contribution in [0.15, 0.2) is 47.1 Å². The van der Waals surface area contributed by atoms with Crippen molar-refractivity contribution < 1.29 is 18.7 Å². The molecule has 0 unspecified atom stereocenters. The summed E-state index contributed by atoms with van der Waals surface area (Å²) in [4.78, 5) is 11.8. The first kappa shape index (κ1) is 17.9. The van der Waals surface area contributed by atoms with Crippen molar-refractivity contribution in [3.63, 3.8) is 0 Å². The lowest BCUT2D eigenvalue weighted by molar-refractivity contribution is 0.0636. The van der Waals surface area contributed by atoms with Crippen molar-refractivity contribution in [3.8, 4) is 5.75 Å². The summed E-state index contributed by atoms with van der Waals surface area (Å²) in [5, 5.41) is 5.91. The van der Waals surface area contributed by atoms with Crippen molar-refractivity contribution in [3.05, 3.63) is 48.4 Å². The van der Waals surface area contributed by atoms with Gasteiger partial charge in [-0.15, -0.1) is 0 Å². The van der Waals surface area contributed by atoms with E-state index in [-0.39, 0.29) is 0 Å². The van der Waals surface area contributed by atoms with Crippen LogP contribution in [0.1, 0.15) is 26.5 Å². The van der Waals surface area contributed by atoms with Crippen LogP contribution < -0.4 is 15.4 Å². The lowest BCUT2D eigenvalue weighted by Crippen LogP contribution is -2.27. The monoisotopic (exact) mass is 332 g/mol. The molecule has 130 valence electrons. The maximum atomic E-state index is 11.8. The van der Waals surface area contributed by atoms with Crippen LogP contribution in [0.25, 0.3) is 0 Å². The number of ether oxygens (including phenoxy) is 2. The van der Waals surface area contributed by atoms with E-state index in [9.17, 15) is 4.79 Å². The highest BCUT2D eigenvalue weighted by Crippen LogP contribution is 2.18. The molecular formula is C18H24N2O4. The fourth-order valence-corrected chi connectivity index (χ4v) is 1.95. The largest absolute Gasteiger partial charge is 0.492 e. The van der Waals surface area contributed by atoms with Crippen LogP contribution in [0.3, 0.4) is 0 Å². The molecule has 0 aliphatic carbocycles. The first-order valence-electron chi connectivity index (χ1n) is 7.88. The van der Waals surface area contributed by atoms with E-state index in [2.05, 4.69) is 10.6 Å². The number of nitrogens with one attached hydrogen (secondary N) is 2. The van der Waals surface area contributed by atoms with Crippen LogP contribution >= 0.6 is 0 Å². The predicted molar refractivity (Wildman–Crippen MR) is 92.2 cm³/mol. The maximum Gasteiger partial charge on any atom is 0.412 e. The SMILES string of the molecule is CC(C)(C)OC(=O)Nc1cccc(OCCNCc2ccco2)c1. The number of amides is 1. The molecule has 6 heteroatoms. The van der Waals surface area contributed by atoms with E-state index in [1.807, 2.05) is 45.0 Å². The van der Waals surface area contributed by atoms with Gasteiger partial charge in [0.1, 0.15) is 23.7 Å². The number of carbonyl (C=O) groups excluding carboxylic acids is 1. The smallest absolute Gasteiger partial charge is 0.412 e. The molecule has 1 aromatic heterocycles. The highest BCUT2D eigenvalue weighted by Gasteiger charge is 2.16. The molecule has 0 atom stereocenters. The van der Waals surface area contributed by atoms with E-state index >= 15 is 0 Å². The van der Waals surface area contributed by atoms with Crippen molar-refractivity contribution >= 4 is 11.8 Å². The Morgan fingerprint density at radius 3 is 2.75 bits per heavy atom. The molecule has 2 rings (SSSR count). The van der Waals surface area contributed by atoms with Gasteiger partial charge in [0.25, 0.3) is 0 Å². The summed E-state index contributed by atoms with van der Waals surface area (Å²) in [6.45, 7) is 7.32. The lowest BCUT2D eigenvalue weighted by Gasteiger charge is -2.19. The van der Waals surface area contributed by atoms with Gasteiger partial charge in [0.05, 0.1) is 12.8 Å². The highest BCUT2D eigenvalue weighted by atomic mass is 16.6. The summed E-state index contributed by atoms with van der Waals surface area (Å²) < 4.78 is 16.1. The second kappa shape index (κ2) is 8.40.